The molecule has 4 heteroatoms. The molecule has 0 aliphatic rings. The summed E-state index contributed by atoms with van der Waals surface area (Å²) in [5, 5.41) is 3.14. The lowest BCUT2D eigenvalue weighted by Gasteiger charge is -2.01. The largest absolute Gasteiger partial charge is 0.370 e. The fourth-order valence-electron chi connectivity index (χ4n) is 0.616. The minimum Gasteiger partial charge on any atom is -0.370 e. The summed E-state index contributed by atoms with van der Waals surface area (Å²) in [5.41, 5.74) is 0. The molecule has 0 amide bonds. The molecule has 0 heterocycles. The molecule has 0 bridgehead atoms. The molecule has 0 rings (SSSR count). The minimum atomic E-state index is 0.664. The van der Waals surface area contributed by atoms with E-state index in [1.54, 1.807) is 7.11 Å². The SMILES string of the molecule is COCNCCCCNI. The van der Waals surface area contributed by atoms with Gasteiger partial charge in [0.05, 0.1) is 6.73 Å². The van der Waals surface area contributed by atoms with Crippen LogP contribution in [-0.4, -0.2) is 26.9 Å². The van der Waals surface area contributed by atoms with Gasteiger partial charge in [-0.25, -0.2) is 0 Å². The summed E-state index contributed by atoms with van der Waals surface area (Å²) >= 11 is 2.16. The van der Waals surface area contributed by atoms with Gasteiger partial charge in [-0.3, -0.25) is 8.85 Å². The molecular formula is C6H15IN2O. The Balaban J connectivity index is 2.65. The van der Waals surface area contributed by atoms with E-state index in [1.807, 2.05) is 0 Å². The summed E-state index contributed by atoms with van der Waals surface area (Å²) in [6.07, 6.45) is 2.43. The van der Waals surface area contributed by atoms with Crippen LogP contribution in [0, 0.1) is 0 Å². The zero-order chi connectivity index (χ0) is 7.66. The second-order valence-electron chi connectivity index (χ2n) is 2.02. The molecule has 0 aromatic heterocycles. The van der Waals surface area contributed by atoms with Crippen molar-refractivity contribution in [2.75, 3.05) is 26.9 Å². The van der Waals surface area contributed by atoms with Crippen LogP contribution in [0.1, 0.15) is 12.8 Å². The Labute approximate surface area is 76.4 Å². The Kier molecular flexibility index (Phi) is 10.2. The average Bonchev–Trinajstić information content (AvgIpc) is 1.97. The van der Waals surface area contributed by atoms with E-state index in [4.69, 9.17) is 4.74 Å². The van der Waals surface area contributed by atoms with E-state index in [1.165, 1.54) is 12.8 Å². The first-order valence-electron chi connectivity index (χ1n) is 3.45. The van der Waals surface area contributed by atoms with Crippen molar-refractivity contribution >= 4 is 22.9 Å². The summed E-state index contributed by atoms with van der Waals surface area (Å²) in [7, 11) is 1.69. The van der Waals surface area contributed by atoms with Crippen LogP contribution in [0.5, 0.6) is 0 Å². The van der Waals surface area contributed by atoms with Gasteiger partial charge < -0.3 is 4.74 Å². The Morgan fingerprint density at radius 1 is 1.30 bits per heavy atom. The highest BCUT2D eigenvalue weighted by Gasteiger charge is 1.85. The number of hydrogen-bond donors (Lipinski definition) is 2. The fourth-order valence-corrected chi connectivity index (χ4v) is 0.997. The van der Waals surface area contributed by atoms with Crippen molar-refractivity contribution < 1.29 is 4.74 Å². The van der Waals surface area contributed by atoms with Crippen LogP contribution in [-0.2, 0) is 4.74 Å². The van der Waals surface area contributed by atoms with Gasteiger partial charge in [-0.1, -0.05) is 0 Å². The Bertz CT molecular complexity index is 55.7. The molecule has 10 heavy (non-hydrogen) atoms. The second kappa shape index (κ2) is 9.61. The number of unbranched alkanes of at least 4 members (excludes halogenated alkanes) is 1. The minimum absolute atomic E-state index is 0.664. The molecule has 0 aromatic rings. The Morgan fingerprint density at radius 3 is 2.60 bits per heavy atom. The van der Waals surface area contributed by atoms with Crippen molar-refractivity contribution in [1.29, 1.82) is 0 Å². The van der Waals surface area contributed by atoms with E-state index in [-0.39, 0.29) is 0 Å². The standard InChI is InChI=1S/C6H15IN2O/c1-10-6-8-4-2-3-5-9-7/h8-9H,2-6H2,1H3. The first-order valence-corrected chi connectivity index (χ1v) is 4.53. The van der Waals surface area contributed by atoms with Gasteiger partial charge in [-0.2, -0.15) is 0 Å². The smallest absolute Gasteiger partial charge is 0.0961 e. The molecular weight excluding hydrogens is 243 g/mol. The van der Waals surface area contributed by atoms with Crippen LogP contribution in [0.3, 0.4) is 0 Å². The van der Waals surface area contributed by atoms with Crippen molar-refractivity contribution in [2.45, 2.75) is 12.8 Å². The molecule has 0 saturated carbocycles. The molecule has 0 aliphatic heterocycles. The van der Waals surface area contributed by atoms with E-state index < -0.39 is 0 Å². The molecule has 0 aliphatic carbocycles. The van der Waals surface area contributed by atoms with E-state index in [2.05, 4.69) is 31.7 Å². The highest BCUT2D eigenvalue weighted by molar-refractivity contribution is 14.1. The number of hydrogen-bond acceptors (Lipinski definition) is 3. The lowest BCUT2D eigenvalue weighted by molar-refractivity contribution is 0.175. The van der Waals surface area contributed by atoms with Crippen LogP contribution in [0.15, 0.2) is 0 Å². The number of nitrogens with one attached hydrogen (secondary N) is 2. The Hall–Kier alpha value is 0.610. The molecule has 2 N–H and O–H groups in total. The van der Waals surface area contributed by atoms with Gasteiger partial charge in [0.15, 0.2) is 0 Å². The van der Waals surface area contributed by atoms with Crippen LogP contribution in [0.25, 0.3) is 0 Å². The maximum atomic E-state index is 4.82. The predicted octanol–water partition coefficient (Wildman–Crippen LogP) is 0.900. The topological polar surface area (TPSA) is 33.3 Å². The molecule has 3 nitrogen and oxygen atoms in total. The van der Waals surface area contributed by atoms with E-state index in [0.29, 0.717) is 6.73 Å². The highest BCUT2D eigenvalue weighted by Crippen LogP contribution is 1.85. The van der Waals surface area contributed by atoms with Gasteiger partial charge in [-0.15, -0.1) is 0 Å². The summed E-state index contributed by atoms with van der Waals surface area (Å²) in [4.78, 5) is 0. The number of ether oxygens (including phenoxy) is 1. The maximum absolute atomic E-state index is 4.82. The van der Waals surface area contributed by atoms with Gasteiger partial charge in [0.25, 0.3) is 0 Å². The lowest BCUT2D eigenvalue weighted by atomic mass is 10.3. The van der Waals surface area contributed by atoms with Crippen molar-refractivity contribution in [2.24, 2.45) is 0 Å². The second-order valence-corrected chi connectivity index (χ2v) is 2.79. The van der Waals surface area contributed by atoms with E-state index >= 15 is 0 Å². The van der Waals surface area contributed by atoms with E-state index in [9.17, 15) is 0 Å². The third-order valence-electron chi connectivity index (χ3n) is 1.12. The number of halogens is 1. The molecule has 0 radical (unpaired) electrons. The monoisotopic (exact) mass is 258 g/mol. The van der Waals surface area contributed by atoms with Crippen molar-refractivity contribution in [3.05, 3.63) is 0 Å². The fraction of sp³-hybridized carbons (Fsp3) is 1.00. The number of rotatable bonds is 7. The molecule has 0 atom stereocenters. The Morgan fingerprint density at radius 2 is 2.00 bits per heavy atom. The van der Waals surface area contributed by atoms with Gasteiger partial charge in [-0.05, 0) is 19.4 Å². The number of methoxy groups -OCH3 is 1. The van der Waals surface area contributed by atoms with Crippen LogP contribution in [0.4, 0.5) is 0 Å². The molecule has 62 valence electrons. The first-order chi connectivity index (χ1) is 4.91. The summed E-state index contributed by atoms with van der Waals surface area (Å²) < 4.78 is 7.89. The highest BCUT2D eigenvalue weighted by atomic mass is 127. The maximum Gasteiger partial charge on any atom is 0.0961 e. The lowest BCUT2D eigenvalue weighted by Crippen LogP contribution is -2.18. The van der Waals surface area contributed by atoms with Crippen molar-refractivity contribution in [3.8, 4) is 0 Å². The van der Waals surface area contributed by atoms with E-state index in [0.717, 1.165) is 13.1 Å². The third kappa shape index (κ3) is 8.61. The van der Waals surface area contributed by atoms with Gasteiger partial charge >= 0.3 is 0 Å². The molecule has 0 fully saturated rings. The van der Waals surface area contributed by atoms with Crippen molar-refractivity contribution in [3.63, 3.8) is 0 Å². The van der Waals surface area contributed by atoms with Gasteiger partial charge in [0.2, 0.25) is 0 Å². The molecule has 0 saturated heterocycles. The van der Waals surface area contributed by atoms with Crippen molar-refractivity contribution in [1.82, 2.24) is 8.85 Å². The zero-order valence-electron chi connectivity index (χ0n) is 6.32. The van der Waals surface area contributed by atoms with Crippen LogP contribution < -0.4 is 8.85 Å². The molecule has 0 spiro atoms. The third-order valence-corrected chi connectivity index (χ3v) is 1.66. The molecule has 0 unspecified atom stereocenters. The zero-order valence-corrected chi connectivity index (χ0v) is 8.48. The quantitative estimate of drug-likeness (QED) is 0.308. The average molecular weight is 258 g/mol. The molecule has 0 aromatic carbocycles. The van der Waals surface area contributed by atoms with Gasteiger partial charge in [0.1, 0.15) is 0 Å². The first kappa shape index (κ1) is 10.6. The van der Waals surface area contributed by atoms with Crippen LogP contribution in [0.2, 0.25) is 0 Å². The summed E-state index contributed by atoms with van der Waals surface area (Å²) in [6, 6.07) is 0. The predicted molar refractivity (Wildman–Crippen MR) is 51.1 cm³/mol. The normalized spacial score (nSPS) is 10.2. The van der Waals surface area contributed by atoms with Gasteiger partial charge in [0, 0.05) is 36.5 Å². The summed E-state index contributed by atoms with van der Waals surface area (Å²) in [6.45, 7) is 2.80. The van der Waals surface area contributed by atoms with Crippen LogP contribution >= 0.6 is 22.9 Å². The summed E-state index contributed by atoms with van der Waals surface area (Å²) in [5.74, 6) is 0.